The van der Waals surface area contributed by atoms with Crippen molar-refractivity contribution in [2.75, 3.05) is 26.2 Å². The van der Waals surface area contributed by atoms with Gasteiger partial charge in [-0.2, -0.15) is 4.31 Å². The Hall–Kier alpha value is -2.58. The van der Waals surface area contributed by atoms with Crippen molar-refractivity contribution >= 4 is 21.5 Å². The Morgan fingerprint density at radius 1 is 0.897 bits per heavy atom. The second-order valence-electron chi connectivity index (χ2n) is 6.87. The molecule has 8 heteroatoms. The molecule has 0 aliphatic carbocycles. The number of carbonyl (C=O) groups excluding carboxylic acids is 1. The Bertz CT molecular complexity index is 1000. The van der Waals surface area contributed by atoms with Crippen molar-refractivity contribution in [3.05, 3.63) is 71.8 Å². The fourth-order valence-corrected chi connectivity index (χ4v) is 4.65. The summed E-state index contributed by atoms with van der Waals surface area (Å²) in [5, 5.41) is 0. The van der Waals surface area contributed by atoms with Crippen LogP contribution in [0.1, 0.15) is 18.9 Å². The topological polar surface area (TPSA) is 57.7 Å². The van der Waals surface area contributed by atoms with Crippen LogP contribution in [0.4, 0.5) is 8.78 Å². The number of nitrogens with zero attached hydrogens (tertiary/aromatic N) is 2. The zero-order chi connectivity index (χ0) is 21.0. The van der Waals surface area contributed by atoms with Crippen molar-refractivity contribution in [2.45, 2.75) is 18.2 Å². The number of carbonyl (C=O) groups is 1. The van der Waals surface area contributed by atoms with Crippen LogP contribution in [0.2, 0.25) is 0 Å². The number of rotatable bonds is 4. The van der Waals surface area contributed by atoms with Gasteiger partial charge in [-0.25, -0.2) is 17.2 Å². The van der Waals surface area contributed by atoms with Crippen molar-refractivity contribution < 1.29 is 22.0 Å². The van der Waals surface area contributed by atoms with Crippen molar-refractivity contribution in [3.8, 4) is 0 Å². The number of sulfonamides is 1. The standard InChI is InChI=1S/C21H22F2N2O3S/c1-16(17-3-5-18(22)6-4-17)15-21(26)24-11-2-12-25(14-13-24)29(27,28)20-9-7-19(23)8-10-20/h3-10,15H,2,11-14H2,1H3/b16-15-. The lowest BCUT2D eigenvalue weighted by Gasteiger charge is -2.21. The van der Waals surface area contributed by atoms with Gasteiger partial charge in [0, 0.05) is 32.3 Å². The van der Waals surface area contributed by atoms with Gasteiger partial charge in [-0.05, 0) is 60.9 Å². The normalized spacial score (nSPS) is 16.5. The summed E-state index contributed by atoms with van der Waals surface area (Å²) in [7, 11) is -3.74. The lowest BCUT2D eigenvalue weighted by atomic mass is 10.1. The molecule has 2 aromatic carbocycles. The number of hydrogen-bond donors (Lipinski definition) is 0. The third kappa shape index (κ3) is 5.07. The number of halogens is 2. The molecule has 1 aliphatic rings. The first kappa shape index (κ1) is 21.1. The van der Waals surface area contributed by atoms with Gasteiger partial charge in [-0.15, -0.1) is 0 Å². The molecule has 1 aliphatic heterocycles. The predicted molar refractivity (Wildman–Crippen MR) is 106 cm³/mol. The molecule has 1 fully saturated rings. The van der Waals surface area contributed by atoms with E-state index in [0.717, 1.165) is 17.7 Å². The second-order valence-corrected chi connectivity index (χ2v) is 8.81. The molecule has 0 atom stereocenters. The lowest BCUT2D eigenvalue weighted by molar-refractivity contribution is -0.125. The summed E-state index contributed by atoms with van der Waals surface area (Å²) in [5.74, 6) is -1.06. The first-order chi connectivity index (χ1) is 13.8. The summed E-state index contributed by atoms with van der Waals surface area (Å²) >= 11 is 0. The van der Waals surface area contributed by atoms with Crippen LogP contribution < -0.4 is 0 Å². The van der Waals surface area contributed by atoms with Gasteiger partial charge in [-0.3, -0.25) is 4.79 Å². The summed E-state index contributed by atoms with van der Waals surface area (Å²) in [6.45, 7) is 2.90. The third-order valence-electron chi connectivity index (χ3n) is 4.86. The Kier molecular flexibility index (Phi) is 6.44. The quantitative estimate of drug-likeness (QED) is 0.714. The highest BCUT2D eigenvalue weighted by Gasteiger charge is 2.27. The molecule has 3 rings (SSSR count). The molecule has 0 spiro atoms. The van der Waals surface area contributed by atoms with Gasteiger partial charge in [-0.1, -0.05) is 12.1 Å². The molecule has 0 radical (unpaired) electrons. The summed E-state index contributed by atoms with van der Waals surface area (Å²) < 4.78 is 53.0. The van der Waals surface area contributed by atoms with E-state index < -0.39 is 15.8 Å². The number of benzene rings is 2. The van der Waals surface area contributed by atoms with E-state index in [0.29, 0.717) is 18.5 Å². The zero-order valence-electron chi connectivity index (χ0n) is 16.0. The van der Waals surface area contributed by atoms with E-state index in [1.54, 1.807) is 24.0 Å². The van der Waals surface area contributed by atoms with Gasteiger partial charge in [0.1, 0.15) is 11.6 Å². The largest absolute Gasteiger partial charge is 0.338 e. The molecule has 2 aromatic rings. The van der Waals surface area contributed by atoms with Gasteiger partial charge in [0.05, 0.1) is 4.90 Å². The highest BCUT2D eigenvalue weighted by molar-refractivity contribution is 7.89. The van der Waals surface area contributed by atoms with Gasteiger partial charge in [0.25, 0.3) is 0 Å². The number of allylic oxidation sites excluding steroid dienone is 1. The first-order valence-corrected chi connectivity index (χ1v) is 10.7. The molecule has 0 unspecified atom stereocenters. The van der Waals surface area contributed by atoms with Crippen molar-refractivity contribution in [1.29, 1.82) is 0 Å². The van der Waals surface area contributed by atoms with Crippen molar-refractivity contribution in [1.82, 2.24) is 9.21 Å². The van der Waals surface area contributed by atoms with E-state index in [2.05, 4.69) is 0 Å². The molecule has 29 heavy (non-hydrogen) atoms. The minimum Gasteiger partial charge on any atom is -0.338 e. The lowest BCUT2D eigenvalue weighted by Crippen LogP contribution is -2.36. The van der Waals surface area contributed by atoms with Crippen LogP contribution in [0.25, 0.3) is 5.57 Å². The maximum atomic E-state index is 13.1. The van der Waals surface area contributed by atoms with Gasteiger partial charge < -0.3 is 4.90 Å². The average Bonchev–Trinajstić information content (AvgIpc) is 2.95. The van der Waals surface area contributed by atoms with Crippen LogP contribution in [0.3, 0.4) is 0 Å². The van der Waals surface area contributed by atoms with Crippen molar-refractivity contribution in [2.24, 2.45) is 0 Å². The van der Waals surface area contributed by atoms with Crippen LogP contribution in [-0.2, 0) is 14.8 Å². The van der Waals surface area contributed by atoms with Crippen LogP contribution in [-0.4, -0.2) is 49.7 Å². The molecular formula is C21H22F2N2O3S. The molecule has 1 amide bonds. The van der Waals surface area contributed by atoms with E-state index in [1.165, 1.54) is 34.6 Å². The summed E-state index contributed by atoms with van der Waals surface area (Å²) in [5.41, 5.74) is 1.45. The third-order valence-corrected chi connectivity index (χ3v) is 6.77. The van der Waals surface area contributed by atoms with E-state index in [4.69, 9.17) is 0 Å². The molecule has 1 saturated heterocycles. The Balaban J connectivity index is 1.69. The van der Waals surface area contributed by atoms with Crippen LogP contribution in [0, 0.1) is 11.6 Å². The molecule has 0 aromatic heterocycles. The minimum absolute atomic E-state index is 0.0331. The van der Waals surface area contributed by atoms with Gasteiger partial charge in [0.2, 0.25) is 15.9 Å². The molecule has 0 N–H and O–H groups in total. The average molecular weight is 420 g/mol. The Labute approximate surface area is 169 Å². The van der Waals surface area contributed by atoms with E-state index in [-0.39, 0.29) is 36.3 Å². The predicted octanol–water partition coefficient (Wildman–Crippen LogP) is 3.29. The maximum absolute atomic E-state index is 13.1. The monoisotopic (exact) mass is 420 g/mol. The molecule has 1 heterocycles. The molecule has 5 nitrogen and oxygen atoms in total. The first-order valence-electron chi connectivity index (χ1n) is 9.26. The minimum atomic E-state index is -3.74. The molecular weight excluding hydrogens is 398 g/mol. The van der Waals surface area contributed by atoms with Crippen LogP contribution in [0.5, 0.6) is 0 Å². The smallest absolute Gasteiger partial charge is 0.246 e. The van der Waals surface area contributed by atoms with Crippen LogP contribution in [0.15, 0.2) is 59.5 Å². The second kappa shape index (κ2) is 8.84. The number of hydrogen-bond acceptors (Lipinski definition) is 3. The molecule has 154 valence electrons. The maximum Gasteiger partial charge on any atom is 0.246 e. The van der Waals surface area contributed by atoms with E-state index in [9.17, 15) is 22.0 Å². The highest BCUT2D eigenvalue weighted by Crippen LogP contribution is 2.19. The molecule has 0 saturated carbocycles. The Morgan fingerprint density at radius 3 is 2.10 bits per heavy atom. The summed E-state index contributed by atoms with van der Waals surface area (Å²) in [6.07, 6.45) is 1.98. The van der Waals surface area contributed by atoms with Gasteiger partial charge >= 0.3 is 0 Å². The fourth-order valence-electron chi connectivity index (χ4n) is 3.18. The summed E-state index contributed by atoms with van der Waals surface area (Å²) in [6, 6.07) is 10.6. The number of amides is 1. The van der Waals surface area contributed by atoms with Gasteiger partial charge in [0.15, 0.2) is 0 Å². The van der Waals surface area contributed by atoms with Crippen molar-refractivity contribution in [3.63, 3.8) is 0 Å². The summed E-state index contributed by atoms with van der Waals surface area (Å²) in [4.78, 5) is 14.3. The van der Waals surface area contributed by atoms with E-state index in [1.807, 2.05) is 0 Å². The zero-order valence-corrected chi connectivity index (χ0v) is 16.8. The molecule has 0 bridgehead atoms. The Morgan fingerprint density at radius 2 is 1.48 bits per heavy atom. The van der Waals surface area contributed by atoms with E-state index >= 15 is 0 Å². The SMILES string of the molecule is C/C(=C/C(=O)N1CCCN(S(=O)(=O)c2ccc(F)cc2)CC1)c1ccc(F)cc1. The highest BCUT2D eigenvalue weighted by atomic mass is 32.2. The van der Waals surface area contributed by atoms with Crippen LogP contribution >= 0.6 is 0 Å². The fraction of sp³-hybridized carbons (Fsp3) is 0.286.